The predicted octanol–water partition coefficient (Wildman–Crippen LogP) is 3.14. The van der Waals surface area contributed by atoms with Gasteiger partial charge in [-0.05, 0) is 18.2 Å². The van der Waals surface area contributed by atoms with Crippen molar-refractivity contribution in [2.45, 2.75) is 0 Å². The maximum Gasteiger partial charge on any atom is 0.338 e. The topological polar surface area (TPSA) is 59.2 Å². The normalized spacial score (nSPS) is 10.3. The van der Waals surface area contributed by atoms with E-state index in [1.807, 2.05) is 0 Å². The van der Waals surface area contributed by atoms with Crippen molar-refractivity contribution in [1.82, 2.24) is 4.98 Å². The van der Waals surface area contributed by atoms with Gasteiger partial charge in [-0.15, -0.1) is 0 Å². The van der Waals surface area contributed by atoms with E-state index in [-0.39, 0.29) is 21.2 Å². The Morgan fingerprint density at radius 2 is 1.79 bits per heavy atom. The summed E-state index contributed by atoms with van der Waals surface area (Å²) < 4.78 is 4.66. The van der Waals surface area contributed by atoms with Gasteiger partial charge in [0.15, 0.2) is 0 Å². The van der Waals surface area contributed by atoms with Crippen molar-refractivity contribution in [1.29, 1.82) is 0 Å². The van der Waals surface area contributed by atoms with E-state index in [2.05, 4.69) is 9.72 Å². The predicted molar refractivity (Wildman–Crippen MR) is 73.9 cm³/mol. The van der Waals surface area contributed by atoms with Crippen LogP contribution in [0.4, 0.5) is 0 Å². The summed E-state index contributed by atoms with van der Waals surface area (Å²) in [5.41, 5.74) is 0.0668. The molecule has 0 amide bonds. The van der Waals surface area contributed by atoms with Crippen LogP contribution in [0, 0.1) is 0 Å². The highest BCUT2D eigenvalue weighted by Gasteiger charge is 2.20. The Hall–Kier alpha value is -1.78. The minimum absolute atomic E-state index is 0.102. The number of benzene rings is 1. The van der Waals surface area contributed by atoms with Gasteiger partial charge in [-0.25, -0.2) is 4.79 Å². The van der Waals surface area contributed by atoms with E-state index in [1.165, 1.54) is 19.4 Å². The van der Waals surface area contributed by atoms with Gasteiger partial charge in [-0.3, -0.25) is 4.79 Å². The highest BCUT2D eigenvalue weighted by molar-refractivity contribution is 6.39. The maximum absolute atomic E-state index is 12.0. The van der Waals surface area contributed by atoms with E-state index in [0.29, 0.717) is 5.56 Å². The first-order valence-corrected chi connectivity index (χ1v) is 6.06. The van der Waals surface area contributed by atoms with Gasteiger partial charge in [-0.1, -0.05) is 29.3 Å². The molecule has 0 aliphatic carbocycles. The van der Waals surface area contributed by atoms with E-state index < -0.39 is 11.5 Å². The molecule has 0 fully saturated rings. The number of halogens is 2. The molecule has 98 valence electrons. The molecule has 0 saturated heterocycles. The van der Waals surface area contributed by atoms with Crippen molar-refractivity contribution < 1.29 is 9.53 Å². The van der Waals surface area contributed by atoms with Crippen molar-refractivity contribution in [3.63, 3.8) is 0 Å². The SMILES string of the molecule is COC(=O)c1cc[nH]c(=O)c1-c1c(Cl)cccc1Cl. The monoisotopic (exact) mass is 297 g/mol. The fourth-order valence-electron chi connectivity index (χ4n) is 1.74. The summed E-state index contributed by atoms with van der Waals surface area (Å²) in [6, 6.07) is 6.29. The fourth-order valence-corrected chi connectivity index (χ4v) is 2.33. The van der Waals surface area contributed by atoms with E-state index in [0.717, 1.165) is 0 Å². The molecule has 6 heteroatoms. The molecular formula is C13H9Cl2NO3. The molecule has 0 aliphatic heterocycles. The number of hydrogen-bond acceptors (Lipinski definition) is 3. The third-order valence-corrected chi connectivity index (χ3v) is 3.21. The summed E-state index contributed by atoms with van der Waals surface area (Å²) in [6.45, 7) is 0. The zero-order valence-electron chi connectivity index (χ0n) is 9.87. The number of methoxy groups -OCH3 is 1. The summed E-state index contributed by atoms with van der Waals surface area (Å²) >= 11 is 12.1. The number of hydrogen-bond donors (Lipinski definition) is 1. The maximum atomic E-state index is 12.0. The Morgan fingerprint density at radius 3 is 2.37 bits per heavy atom. The number of H-pyrrole nitrogens is 1. The molecule has 0 unspecified atom stereocenters. The number of carbonyl (C=O) groups excluding carboxylic acids is 1. The van der Waals surface area contributed by atoms with Gasteiger partial charge in [0.25, 0.3) is 5.56 Å². The molecule has 19 heavy (non-hydrogen) atoms. The van der Waals surface area contributed by atoms with Crippen LogP contribution in [0.5, 0.6) is 0 Å². The Kier molecular flexibility index (Phi) is 3.93. The second-order valence-corrected chi connectivity index (χ2v) is 4.50. The quantitative estimate of drug-likeness (QED) is 0.866. The fraction of sp³-hybridized carbons (Fsp3) is 0.0769. The van der Waals surface area contributed by atoms with Gasteiger partial charge >= 0.3 is 5.97 Å². The highest BCUT2D eigenvalue weighted by atomic mass is 35.5. The molecule has 0 saturated carbocycles. The largest absolute Gasteiger partial charge is 0.465 e. The van der Waals surface area contributed by atoms with Crippen molar-refractivity contribution in [3.8, 4) is 11.1 Å². The second-order valence-electron chi connectivity index (χ2n) is 3.68. The summed E-state index contributed by atoms with van der Waals surface area (Å²) in [5, 5.41) is 0.573. The number of nitrogens with one attached hydrogen (secondary N) is 1. The molecular weight excluding hydrogens is 289 g/mol. The van der Waals surface area contributed by atoms with E-state index in [4.69, 9.17) is 23.2 Å². The smallest absolute Gasteiger partial charge is 0.338 e. The minimum Gasteiger partial charge on any atom is -0.465 e. The minimum atomic E-state index is -0.628. The third-order valence-electron chi connectivity index (χ3n) is 2.58. The van der Waals surface area contributed by atoms with E-state index in [9.17, 15) is 9.59 Å². The molecule has 0 aliphatic rings. The van der Waals surface area contributed by atoms with Gasteiger partial charge in [0.05, 0.1) is 28.3 Å². The molecule has 2 rings (SSSR count). The van der Waals surface area contributed by atoms with Crippen molar-refractivity contribution in [3.05, 3.63) is 56.4 Å². The lowest BCUT2D eigenvalue weighted by Gasteiger charge is -2.10. The second kappa shape index (κ2) is 5.47. The highest BCUT2D eigenvalue weighted by Crippen LogP contribution is 2.34. The average molecular weight is 298 g/mol. The zero-order valence-corrected chi connectivity index (χ0v) is 11.4. The standard InChI is InChI=1S/C13H9Cl2NO3/c1-19-13(18)7-5-6-16-12(17)10(7)11-8(14)3-2-4-9(11)15/h2-6H,1H3,(H,16,17). The lowest BCUT2D eigenvalue weighted by atomic mass is 10.0. The van der Waals surface area contributed by atoms with Crippen molar-refractivity contribution in [2.24, 2.45) is 0 Å². The molecule has 0 atom stereocenters. The van der Waals surface area contributed by atoms with Gasteiger partial charge in [0.1, 0.15) is 0 Å². The Morgan fingerprint density at radius 1 is 1.16 bits per heavy atom. The Labute approximate surface area is 118 Å². The lowest BCUT2D eigenvalue weighted by molar-refractivity contribution is 0.0601. The number of rotatable bonds is 2. The van der Waals surface area contributed by atoms with Crippen LogP contribution < -0.4 is 5.56 Å². The van der Waals surface area contributed by atoms with Crippen LogP contribution >= 0.6 is 23.2 Å². The molecule has 1 heterocycles. The first kappa shape index (κ1) is 13.6. The van der Waals surface area contributed by atoms with Gasteiger partial charge < -0.3 is 9.72 Å². The van der Waals surface area contributed by atoms with Crippen molar-refractivity contribution >= 4 is 29.2 Å². The summed E-state index contributed by atoms with van der Waals surface area (Å²) in [7, 11) is 1.24. The van der Waals surface area contributed by atoms with Crippen LogP contribution in [-0.2, 0) is 4.74 Å². The van der Waals surface area contributed by atoms with Crippen LogP contribution in [-0.4, -0.2) is 18.1 Å². The number of ether oxygens (including phenoxy) is 1. The van der Waals surface area contributed by atoms with Crippen LogP contribution in [0.25, 0.3) is 11.1 Å². The number of aromatic nitrogens is 1. The third kappa shape index (κ3) is 2.50. The molecule has 1 aromatic carbocycles. The van der Waals surface area contributed by atoms with Crippen LogP contribution in [0.2, 0.25) is 10.0 Å². The lowest BCUT2D eigenvalue weighted by Crippen LogP contribution is -2.15. The van der Waals surface area contributed by atoms with E-state index in [1.54, 1.807) is 18.2 Å². The number of aromatic amines is 1. The number of esters is 1. The first-order valence-electron chi connectivity index (χ1n) is 5.30. The van der Waals surface area contributed by atoms with Gasteiger partial charge in [-0.2, -0.15) is 0 Å². The molecule has 1 N–H and O–H groups in total. The Bertz CT molecular complexity index is 674. The molecule has 4 nitrogen and oxygen atoms in total. The molecule has 0 bridgehead atoms. The zero-order chi connectivity index (χ0) is 14.0. The molecule has 1 aromatic heterocycles. The summed E-state index contributed by atoms with van der Waals surface area (Å²) in [4.78, 5) is 26.2. The number of carbonyl (C=O) groups is 1. The van der Waals surface area contributed by atoms with Crippen LogP contribution in [0.15, 0.2) is 35.3 Å². The summed E-state index contributed by atoms with van der Waals surface area (Å²) in [5.74, 6) is -0.628. The number of pyridine rings is 1. The average Bonchev–Trinajstić information content (AvgIpc) is 2.39. The molecule has 2 aromatic rings. The Balaban J connectivity index is 2.82. The van der Waals surface area contributed by atoms with Crippen LogP contribution in [0.1, 0.15) is 10.4 Å². The van der Waals surface area contributed by atoms with Crippen molar-refractivity contribution in [2.75, 3.05) is 7.11 Å². The molecule has 0 radical (unpaired) electrons. The summed E-state index contributed by atoms with van der Waals surface area (Å²) in [6.07, 6.45) is 1.36. The van der Waals surface area contributed by atoms with Crippen LogP contribution in [0.3, 0.4) is 0 Å². The first-order chi connectivity index (χ1) is 9.06. The van der Waals surface area contributed by atoms with Gasteiger partial charge in [0, 0.05) is 11.8 Å². The van der Waals surface area contributed by atoms with Gasteiger partial charge in [0.2, 0.25) is 0 Å². The van der Waals surface area contributed by atoms with E-state index >= 15 is 0 Å². The molecule has 0 spiro atoms.